The molecule has 1 saturated heterocycles. The summed E-state index contributed by atoms with van der Waals surface area (Å²) in [6, 6.07) is 15.1. The molecular formula is C21H23ClN2O2S. The number of nitrogens with one attached hydrogen (secondary N) is 1. The van der Waals surface area contributed by atoms with Gasteiger partial charge < -0.3 is 5.32 Å². The second-order valence-corrected chi connectivity index (χ2v) is 8.70. The van der Waals surface area contributed by atoms with Crippen LogP contribution in [0, 0.1) is 0 Å². The summed E-state index contributed by atoms with van der Waals surface area (Å²) in [5, 5.41) is 3.55. The highest BCUT2D eigenvalue weighted by Crippen LogP contribution is 2.30. The summed E-state index contributed by atoms with van der Waals surface area (Å²) in [7, 11) is 0. The van der Waals surface area contributed by atoms with Gasteiger partial charge in [-0.1, -0.05) is 49.7 Å². The van der Waals surface area contributed by atoms with Crippen molar-refractivity contribution in [2.45, 2.75) is 37.1 Å². The number of halogens is 1. The number of nitrogens with zero attached hydrogens (tertiary/aromatic N) is 1. The fourth-order valence-electron chi connectivity index (χ4n) is 3.08. The molecule has 2 aromatic carbocycles. The molecule has 3 amide bonds. The number of hydrogen-bond donors (Lipinski definition) is 1. The summed E-state index contributed by atoms with van der Waals surface area (Å²) in [4.78, 5) is 27.7. The summed E-state index contributed by atoms with van der Waals surface area (Å²) >= 11 is 7.48. The van der Waals surface area contributed by atoms with Gasteiger partial charge in [-0.15, -0.1) is 11.8 Å². The van der Waals surface area contributed by atoms with Crippen LogP contribution in [0.2, 0.25) is 5.02 Å². The van der Waals surface area contributed by atoms with E-state index in [1.165, 1.54) is 10.5 Å². The maximum Gasteiger partial charge on any atom is 0.325 e. The Morgan fingerprint density at radius 1 is 1.07 bits per heavy atom. The van der Waals surface area contributed by atoms with Gasteiger partial charge in [-0.25, -0.2) is 4.79 Å². The van der Waals surface area contributed by atoms with Crippen LogP contribution < -0.4 is 5.32 Å². The molecule has 2 aromatic rings. The Morgan fingerprint density at radius 3 is 2.30 bits per heavy atom. The SMILES string of the molecule is CC(C)c1ccc([C@]2(C)NC(=O)N(CCSc3ccc(Cl)cc3)C2=O)cc1. The van der Waals surface area contributed by atoms with Crippen LogP contribution in [-0.4, -0.2) is 29.1 Å². The van der Waals surface area contributed by atoms with Crippen molar-refractivity contribution < 1.29 is 9.59 Å². The summed E-state index contributed by atoms with van der Waals surface area (Å²) in [6.07, 6.45) is 0. The molecule has 0 unspecified atom stereocenters. The van der Waals surface area contributed by atoms with Gasteiger partial charge in [0.1, 0.15) is 5.54 Å². The molecule has 1 atom stereocenters. The summed E-state index contributed by atoms with van der Waals surface area (Å²) in [5.41, 5.74) is 0.991. The van der Waals surface area contributed by atoms with Gasteiger partial charge in [-0.2, -0.15) is 0 Å². The summed E-state index contributed by atoms with van der Waals surface area (Å²) in [6.45, 7) is 6.38. The molecule has 142 valence electrons. The molecular weight excluding hydrogens is 380 g/mol. The molecule has 0 spiro atoms. The van der Waals surface area contributed by atoms with Crippen molar-refractivity contribution in [2.24, 2.45) is 0 Å². The molecule has 0 aliphatic carbocycles. The van der Waals surface area contributed by atoms with Gasteiger partial charge in [-0.3, -0.25) is 9.69 Å². The zero-order valence-corrected chi connectivity index (χ0v) is 17.2. The van der Waals surface area contributed by atoms with Gasteiger partial charge in [0, 0.05) is 22.2 Å². The minimum absolute atomic E-state index is 0.207. The summed E-state index contributed by atoms with van der Waals surface area (Å²) in [5.74, 6) is 0.840. The van der Waals surface area contributed by atoms with Crippen LogP contribution in [0.1, 0.15) is 37.8 Å². The third kappa shape index (κ3) is 4.14. The van der Waals surface area contributed by atoms with Crippen molar-refractivity contribution in [3.63, 3.8) is 0 Å². The normalized spacial score (nSPS) is 19.7. The van der Waals surface area contributed by atoms with Crippen molar-refractivity contribution >= 4 is 35.3 Å². The molecule has 3 rings (SSSR count). The van der Waals surface area contributed by atoms with Crippen LogP contribution in [-0.2, 0) is 10.3 Å². The van der Waals surface area contributed by atoms with Gasteiger partial charge in [0.05, 0.1) is 0 Å². The molecule has 1 heterocycles. The van der Waals surface area contributed by atoms with E-state index in [9.17, 15) is 9.59 Å². The monoisotopic (exact) mass is 402 g/mol. The Labute approximate surface area is 169 Å². The Hall–Kier alpha value is -1.98. The van der Waals surface area contributed by atoms with Crippen molar-refractivity contribution in [2.75, 3.05) is 12.3 Å². The number of hydrogen-bond acceptors (Lipinski definition) is 3. The minimum atomic E-state index is -1.02. The maximum absolute atomic E-state index is 13.0. The lowest BCUT2D eigenvalue weighted by Gasteiger charge is -2.23. The smallest absolute Gasteiger partial charge is 0.319 e. The Morgan fingerprint density at radius 2 is 1.70 bits per heavy atom. The number of carbonyl (C=O) groups is 2. The highest BCUT2D eigenvalue weighted by molar-refractivity contribution is 7.99. The van der Waals surface area contributed by atoms with E-state index in [-0.39, 0.29) is 11.9 Å². The minimum Gasteiger partial charge on any atom is -0.319 e. The zero-order chi connectivity index (χ0) is 19.6. The van der Waals surface area contributed by atoms with Crippen LogP contribution >= 0.6 is 23.4 Å². The number of imide groups is 1. The third-order valence-corrected chi connectivity index (χ3v) is 6.07. The first kappa shape index (κ1) is 19.8. The van der Waals surface area contributed by atoms with E-state index >= 15 is 0 Å². The van der Waals surface area contributed by atoms with Gasteiger partial charge in [-0.05, 0) is 48.2 Å². The molecule has 1 fully saturated rings. The van der Waals surface area contributed by atoms with Gasteiger partial charge in [0.25, 0.3) is 5.91 Å². The van der Waals surface area contributed by atoms with Crippen molar-refractivity contribution in [3.05, 3.63) is 64.7 Å². The lowest BCUT2D eigenvalue weighted by Crippen LogP contribution is -2.41. The van der Waals surface area contributed by atoms with Gasteiger partial charge >= 0.3 is 6.03 Å². The fraction of sp³-hybridized carbons (Fsp3) is 0.333. The van der Waals surface area contributed by atoms with Crippen LogP contribution in [0.4, 0.5) is 4.79 Å². The molecule has 0 radical (unpaired) electrons. The topological polar surface area (TPSA) is 49.4 Å². The number of benzene rings is 2. The zero-order valence-electron chi connectivity index (χ0n) is 15.7. The Balaban J connectivity index is 1.67. The molecule has 6 heteroatoms. The molecule has 1 aliphatic heterocycles. The van der Waals surface area contributed by atoms with Gasteiger partial charge in [0.15, 0.2) is 0 Å². The number of urea groups is 1. The first-order valence-corrected chi connectivity index (χ1v) is 10.3. The molecule has 0 aromatic heterocycles. The van der Waals surface area contributed by atoms with E-state index in [2.05, 4.69) is 19.2 Å². The predicted molar refractivity (Wildman–Crippen MR) is 110 cm³/mol. The van der Waals surface area contributed by atoms with E-state index in [4.69, 9.17) is 11.6 Å². The number of rotatable bonds is 6. The van der Waals surface area contributed by atoms with Crippen LogP contribution in [0.5, 0.6) is 0 Å². The first-order chi connectivity index (χ1) is 12.8. The highest BCUT2D eigenvalue weighted by atomic mass is 35.5. The Bertz CT molecular complexity index is 836. The van der Waals surface area contributed by atoms with Crippen LogP contribution in [0.25, 0.3) is 0 Å². The first-order valence-electron chi connectivity index (χ1n) is 8.94. The van der Waals surface area contributed by atoms with Crippen molar-refractivity contribution in [1.29, 1.82) is 0 Å². The average molecular weight is 403 g/mol. The van der Waals surface area contributed by atoms with E-state index < -0.39 is 5.54 Å². The van der Waals surface area contributed by atoms with Crippen LogP contribution in [0.3, 0.4) is 0 Å². The second kappa shape index (κ2) is 7.95. The van der Waals surface area contributed by atoms with Gasteiger partial charge in [0.2, 0.25) is 0 Å². The van der Waals surface area contributed by atoms with Crippen molar-refractivity contribution in [1.82, 2.24) is 10.2 Å². The predicted octanol–water partition coefficient (Wildman–Crippen LogP) is 5.02. The Kier molecular flexibility index (Phi) is 5.82. The molecule has 0 bridgehead atoms. The molecule has 1 N–H and O–H groups in total. The lowest BCUT2D eigenvalue weighted by atomic mass is 9.90. The number of thioether (sulfide) groups is 1. The summed E-state index contributed by atoms with van der Waals surface area (Å²) < 4.78 is 0. The van der Waals surface area contributed by atoms with E-state index in [1.807, 2.05) is 48.5 Å². The third-order valence-electron chi connectivity index (χ3n) is 4.83. The number of amides is 3. The molecule has 27 heavy (non-hydrogen) atoms. The molecule has 1 aliphatic rings. The standard InChI is InChI=1S/C21H23ClN2O2S/c1-14(2)15-4-6-16(7-5-15)21(3)19(25)24(20(26)23-21)12-13-27-18-10-8-17(22)9-11-18/h4-11,14H,12-13H2,1-3H3,(H,23,26)/t21-/m0/s1. The van der Waals surface area contributed by atoms with E-state index in [1.54, 1.807) is 18.7 Å². The van der Waals surface area contributed by atoms with E-state index in [0.717, 1.165) is 10.5 Å². The molecule has 0 saturated carbocycles. The molecule has 4 nitrogen and oxygen atoms in total. The quantitative estimate of drug-likeness (QED) is 0.545. The fourth-order valence-corrected chi connectivity index (χ4v) is 4.05. The van der Waals surface area contributed by atoms with Crippen molar-refractivity contribution in [3.8, 4) is 0 Å². The number of carbonyl (C=O) groups excluding carboxylic acids is 2. The highest BCUT2D eigenvalue weighted by Gasteiger charge is 2.48. The second-order valence-electron chi connectivity index (χ2n) is 7.09. The maximum atomic E-state index is 13.0. The largest absolute Gasteiger partial charge is 0.325 e. The van der Waals surface area contributed by atoms with Crippen LogP contribution in [0.15, 0.2) is 53.4 Å². The lowest BCUT2D eigenvalue weighted by molar-refractivity contribution is -0.130. The average Bonchev–Trinajstić information content (AvgIpc) is 2.87. The van der Waals surface area contributed by atoms with E-state index in [0.29, 0.717) is 23.2 Å².